The molecule has 1 aromatic carbocycles. The highest BCUT2D eigenvalue weighted by Crippen LogP contribution is 2.22. The Hall–Kier alpha value is -2.28. The van der Waals surface area contributed by atoms with E-state index in [-0.39, 0.29) is 24.3 Å². The van der Waals surface area contributed by atoms with Crippen molar-refractivity contribution in [2.75, 3.05) is 19.6 Å². The number of hydrogen-bond donors (Lipinski definition) is 1. The maximum absolute atomic E-state index is 12.4. The molecular formula is C17H20N2O2. The van der Waals surface area contributed by atoms with Gasteiger partial charge in [-0.15, -0.1) is 6.42 Å². The molecule has 0 unspecified atom stereocenters. The van der Waals surface area contributed by atoms with Crippen molar-refractivity contribution in [1.82, 2.24) is 10.2 Å². The van der Waals surface area contributed by atoms with Crippen molar-refractivity contribution < 1.29 is 9.59 Å². The Morgan fingerprint density at radius 2 is 1.90 bits per heavy atom. The number of likely N-dealkylation sites (tertiary alicyclic amines) is 1. The molecule has 2 amide bonds. The molecule has 4 heteroatoms. The number of amides is 2. The van der Waals surface area contributed by atoms with Gasteiger partial charge in [0.15, 0.2) is 5.78 Å². The molecule has 110 valence electrons. The predicted molar refractivity (Wildman–Crippen MR) is 82.0 cm³/mol. The van der Waals surface area contributed by atoms with E-state index in [1.165, 1.54) is 0 Å². The minimum Gasteiger partial charge on any atom is -0.327 e. The number of terminal acetylenes is 1. The number of benzene rings is 1. The zero-order chi connectivity index (χ0) is 15.2. The first-order valence-electron chi connectivity index (χ1n) is 7.19. The van der Waals surface area contributed by atoms with Gasteiger partial charge in [0.05, 0.1) is 6.54 Å². The Morgan fingerprint density at radius 1 is 1.29 bits per heavy atom. The number of nitrogens with one attached hydrogen (secondary N) is 1. The number of carbonyl (C=O) groups excluding carboxylic acids is 2. The third-order valence-corrected chi connectivity index (χ3v) is 3.83. The number of urea groups is 1. The van der Waals surface area contributed by atoms with Crippen molar-refractivity contribution in [3.63, 3.8) is 0 Å². The SMILES string of the molecule is C#CCNC(=O)N1CCC(C(=O)c2ccc(C)cc2)CC1. The van der Waals surface area contributed by atoms with Crippen LogP contribution in [-0.4, -0.2) is 36.3 Å². The molecule has 1 fully saturated rings. The summed E-state index contributed by atoms with van der Waals surface area (Å²) in [6.45, 7) is 3.43. The van der Waals surface area contributed by atoms with Gasteiger partial charge < -0.3 is 10.2 Å². The minimum absolute atomic E-state index is 0.00406. The number of rotatable bonds is 3. The molecule has 0 spiro atoms. The molecule has 1 N–H and O–H groups in total. The number of nitrogens with zero attached hydrogens (tertiary/aromatic N) is 1. The summed E-state index contributed by atoms with van der Waals surface area (Å²) < 4.78 is 0. The van der Waals surface area contributed by atoms with Crippen molar-refractivity contribution in [1.29, 1.82) is 0 Å². The van der Waals surface area contributed by atoms with E-state index in [9.17, 15) is 9.59 Å². The maximum atomic E-state index is 12.4. The molecule has 0 atom stereocenters. The van der Waals surface area contributed by atoms with E-state index in [0.717, 1.165) is 11.1 Å². The van der Waals surface area contributed by atoms with E-state index in [4.69, 9.17) is 6.42 Å². The second-order valence-corrected chi connectivity index (χ2v) is 5.35. The van der Waals surface area contributed by atoms with Crippen LogP contribution >= 0.6 is 0 Å². The van der Waals surface area contributed by atoms with Crippen LogP contribution in [0.3, 0.4) is 0 Å². The Labute approximate surface area is 125 Å². The summed E-state index contributed by atoms with van der Waals surface area (Å²) in [6.07, 6.45) is 6.52. The second-order valence-electron chi connectivity index (χ2n) is 5.35. The van der Waals surface area contributed by atoms with Crippen LogP contribution in [0.15, 0.2) is 24.3 Å². The molecule has 1 heterocycles. The quantitative estimate of drug-likeness (QED) is 0.683. The summed E-state index contributed by atoms with van der Waals surface area (Å²) in [6, 6.07) is 7.52. The number of Topliss-reactive ketones (excluding diaryl/α,β-unsaturated/α-hetero) is 1. The Morgan fingerprint density at radius 3 is 2.48 bits per heavy atom. The molecule has 2 rings (SSSR count). The minimum atomic E-state index is -0.144. The van der Waals surface area contributed by atoms with Gasteiger partial charge in [-0.2, -0.15) is 0 Å². The van der Waals surface area contributed by atoms with E-state index in [0.29, 0.717) is 25.9 Å². The molecule has 1 saturated heterocycles. The molecule has 1 aliphatic rings. The fraction of sp³-hybridized carbons (Fsp3) is 0.412. The summed E-state index contributed by atoms with van der Waals surface area (Å²) in [5.74, 6) is 2.56. The zero-order valence-corrected chi connectivity index (χ0v) is 12.3. The third-order valence-electron chi connectivity index (χ3n) is 3.83. The number of carbonyl (C=O) groups is 2. The topological polar surface area (TPSA) is 49.4 Å². The van der Waals surface area contributed by atoms with Crippen molar-refractivity contribution in [2.45, 2.75) is 19.8 Å². The average molecular weight is 284 g/mol. The van der Waals surface area contributed by atoms with Crippen LogP contribution in [0.4, 0.5) is 4.79 Å². The molecule has 1 aliphatic heterocycles. The lowest BCUT2D eigenvalue weighted by Crippen LogP contribution is -2.45. The van der Waals surface area contributed by atoms with Gasteiger partial charge in [0, 0.05) is 24.6 Å². The fourth-order valence-electron chi connectivity index (χ4n) is 2.54. The molecule has 4 nitrogen and oxygen atoms in total. The first-order chi connectivity index (χ1) is 10.1. The Balaban J connectivity index is 1.89. The largest absolute Gasteiger partial charge is 0.327 e. The van der Waals surface area contributed by atoms with E-state index in [2.05, 4.69) is 11.2 Å². The molecule has 0 aliphatic carbocycles. The fourth-order valence-corrected chi connectivity index (χ4v) is 2.54. The normalized spacial score (nSPS) is 15.3. The van der Waals surface area contributed by atoms with E-state index >= 15 is 0 Å². The predicted octanol–water partition coefficient (Wildman–Crippen LogP) is 2.23. The summed E-state index contributed by atoms with van der Waals surface area (Å²) in [5.41, 5.74) is 1.90. The number of piperidine rings is 1. The lowest BCUT2D eigenvalue weighted by Gasteiger charge is -2.31. The average Bonchev–Trinajstić information content (AvgIpc) is 2.53. The highest BCUT2D eigenvalue weighted by molar-refractivity contribution is 5.98. The van der Waals surface area contributed by atoms with Crippen LogP contribution in [0, 0.1) is 25.2 Å². The zero-order valence-electron chi connectivity index (χ0n) is 12.3. The van der Waals surface area contributed by atoms with E-state index < -0.39 is 0 Å². The van der Waals surface area contributed by atoms with Gasteiger partial charge in [0.25, 0.3) is 0 Å². The van der Waals surface area contributed by atoms with Gasteiger partial charge in [-0.1, -0.05) is 35.7 Å². The number of ketones is 1. The van der Waals surface area contributed by atoms with Gasteiger partial charge in [-0.05, 0) is 19.8 Å². The summed E-state index contributed by atoms with van der Waals surface area (Å²) >= 11 is 0. The molecule has 0 bridgehead atoms. The Bertz CT molecular complexity index is 549. The van der Waals surface area contributed by atoms with Gasteiger partial charge in [0.1, 0.15) is 0 Å². The number of aryl methyl sites for hydroxylation is 1. The van der Waals surface area contributed by atoms with Gasteiger partial charge >= 0.3 is 6.03 Å². The lowest BCUT2D eigenvalue weighted by atomic mass is 9.89. The molecular weight excluding hydrogens is 264 g/mol. The molecule has 21 heavy (non-hydrogen) atoms. The number of hydrogen-bond acceptors (Lipinski definition) is 2. The summed E-state index contributed by atoms with van der Waals surface area (Å²) in [7, 11) is 0. The van der Waals surface area contributed by atoms with Crippen LogP contribution in [0.2, 0.25) is 0 Å². The maximum Gasteiger partial charge on any atom is 0.318 e. The van der Waals surface area contributed by atoms with Crippen LogP contribution < -0.4 is 5.32 Å². The van der Waals surface area contributed by atoms with Crippen LogP contribution in [0.25, 0.3) is 0 Å². The molecule has 0 saturated carbocycles. The van der Waals surface area contributed by atoms with Crippen molar-refractivity contribution >= 4 is 11.8 Å². The standard InChI is InChI=1S/C17H20N2O2/c1-3-10-18-17(21)19-11-8-15(9-12-19)16(20)14-6-4-13(2)5-7-14/h1,4-7,15H,8-12H2,2H3,(H,18,21). The summed E-state index contributed by atoms with van der Waals surface area (Å²) in [5, 5.41) is 2.65. The van der Waals surface area contributed by atoms with Crippen molar-refractivity contribution in [2.24, 2.45) is 5.92 Å². The second kappa shape index (κ2) is 6.94. The van der Waals surface area contributed by atoms with Gasteiger partial charge in [-0.25, -0.2) is 4.79 Å². The van der Waals surface area contributed by atoms with Crippen molar-refractivity contribution in [3.05, 3.63) is 35.4 Å². The molecule has 1 aromatic rings. The van der Waals surface area contributed by atoms with Gasteiger partial charge in [0.2, 0.25) is 0 Å². The molecule has 0 aromatic heterocycles. The Kier molecular flexibility index (Phi) is 4.99. The first-order valence-corrected chi connectivity index (χ1v) is 7.19. The van der Waals surface area contributed by atoms with Crippen molar-refractivity contribution in [3.8, 4) is 12.3 Å². The van der Waals surface area contributed by atoms with Crippen LogP contribution in [0.5, 0.6) is 0 Å². The summed E-state index contributed by atoms with van der Waals surface area (Å²) in [4.78, 5) is 25.9. The lowest BCUT2D eigenvalue weighted by molar-refractivity contribution is 0.0855. The van der Waals surface area contributed by atoms with Crippen LogP contribution in [-0.2, 0) is 0 Å². The van der Waals surface area contributed by atoms with E-state index in [1.807, 2.05) is 31.2 Å². The first kappa shape index (κ1) is 15.1. The highest BCUT2D eigenvalue weighted by atomic mass is 16.2. The van der Waals surface area contributed by atoms with Crippen LogP contribution in [0.1, 0.15) is 28.8 Å². The van der Waals surface area contributed by atoms with Gasteiger partial charge in [-0.3, -0.25) is 4.79 Å². The smallest absolute Gasteiger partial charge is 0.318 e. The molecule has 0 radical (unpaired) electrons. The monoisotopic (exact) mass is 284 g/mol. The highest BCUT2D eigenvalue weighted by Gasteiger charge is 2.27. The third kappa shape index (κ3) is 3.85. The van der Waals surface area contributed by atoms with E-state index in [1.54, 1.807) is 4.90 Å².